The van der Waals surface area contributed by atoms with Crippen LogP contribution in [0, 0.1) is 3.70 Å². The fourth-order valence-electron chi connectivity index (χ4n) is 0.968. The van der Waals surface area contributed by atoms with Crippen molar-refractivity contribution in [3.63, 3.8) is 0 Å². The second-order valence-corrected chi connectivity index (χ2v) is 4.20. The van der Waals surface area contributed by atoms with Crippen molar-refractivity contribution in [1.82, 2.24) is 4.98 Å². The third-order valence-electron chi connectivity index (χ3n) is 1.59. The largest absolute Gasteiger partial charge is 0.573 e. The Balaban J connectivity index is 3.29. The third kappa shape index (κ3) is 3.30. The van der Waals surface area contributed by atoms with Crippen LogP contribution in [0.5, 0.6) is 5.75 Å². The van der Waals surface area contributed by atoms with Gasteiger partial charge in [0.25, 0.3) is 0 Å². The molecule has 3 nitrogen and oxygen atoms in total. The van der Waals surface area contributed by atoms with Crippen LogP contribution in [-0.4, -0.2) is 17.6 Å². The number of carbonyl (C=O) groups is 1. The molecule has 0 atom stereocenters. The summed E-state index contributed by atoms with van der Waals surface area (Å²) in [6, 6.07) is 0. The summed E-state index contributed by atoms with van der Waals surface area (Å²) in [6.45, 7) is 0. The van der Waals surface area contributed by atoms with Gasteiger partial charge in [-0.25, -0.2) is 4.98 Å². The smallest absolute Gasteiger partial charge is 0.402 e. The summed E-state index contributed by atoms with van der Waals surface area (Å²) in [4.78, 5) is 14.5. The normalized spacial score (nSPS) is 11.3. The molecule has 1 rings (SSSR count). The molecular weight excluding hydrogens is 406 g/mol. The fraction of sp³-hybridized carbons (Fsp3) is 0.250. The molecule has 0 aliphatic heterocycles. The lowest BCUT2D eigenvalue weighted by Crippen LogP contribution is -2.19. The molecule has 88 valence electrons. The number of hydrogen-bond acceptors (Lipinski definition) is 3. The molecule has 0 saturated heterocycles. The average Bonchev–Trinajstić information content (AvgIpc) is 2.19. The first-order chi connectivity index (χ1) is 7.39. The van der Waals surface area contributed by atoms with E-state index in [1.165, 1.54) is 6.20 Å². The molecule has 1 heterocycles. The van der Waals surface area contributed by atoms with Gasteiger partial charge < -0.3 is 4.74 Å². The number of aldehydes is 1. The first-order valence-corrected chi connectivity index (χ1v) is 6.03. The number of nitrogens with zero attached hydrogens (tertiary/aromatic N) is 1. The molecule has 0 aromatic carbocycles. The third-order valence-corrected chi connectivity index (χ3v) is 2.96. The van der Waals surface area contributed by atoms with Crippen molar-refractivity contribution in [2.45, 2.75) is 11.7 Å². The lowest BCUT2D eigenvalue weighted by atomic mass is 10.2. The fourth-order valence-corrected chi connectivity index (χ4v) is 1.95. The van der Waals surface area contributed by atoms with Crippen LogP contribution in [-0.2, 0) is 5.33 Å². The van der Waals surface area contributed by atoms with E-state index in [1.807, 2.05) is 0 Å². The van der Waals surface area contributed by atoms with E-state index in [4.69, 9.17) is 0 Å². The second kappa shape index (κ2) is 5.30. The number of aromatic nitrogens is 1. The molecule has 0 aliphatic rings. The molecule has 0 spiro atoms. The van der Waals surface area contributed by atoms with Crippen molar-refractivity contribution in [3.05, 3.63) is 21.0 Å². The van der Waals surface area contributed by atoms with Gasteiger partial charge in [0.15, 0.2) is 12.0 Å². The number of hydrogen-bond donors (Lipinski definition) is 0. The Morgan fingerprint density at radius 3 is 2.62 bits per heavy atom. The molecule has 1 aromatic rings. The standard InChI is InChI=1S/C8H4BrF3INO2/c9-1-4-2-14-7(13)6(5(4)3-15)16-8(10,11)12/h2-3H,1H2. The average molecular weight is 410 g/mol. The minimum atomic E-state index is -4.84. The van der Waals surface area contributed by atoms with Crippen LogP contribution in [0.4, 0.5) is 13.2 Å². The van der Waals surface area contributed by atoms with Crippen molar-refractivity contribution in [2.75, 3.05) is 0 Å². The number of alkyl halides is 4. The van der Waals surface area contributed by atoms with Gasteiger partial charge in [-0.1, -0.05) is 15.9 Å². The Bertz CT molecular complexity index is 411. The summed E-state index contributed by atoms with van der Waals surface area (Å²) in [5.41, 5.74) is 0.197. The van der Waals surface area contributed by atoms with Crippen molar-refractivity contribution >= 4 is 44.8 Å². The van der Waals surface area contributed by atoms with E-state index >= 15 is 0 Å². The molecule has 0 amide bonds. The van der Waals surface area contributed by atoms with E-state index in [1.54, 1.807) is 22.6 Å². The highest BCUT2D eigenvalue weighted by Crippen LogP contribution is 2.31. The van der Waals surface area contributed by atoms with E-state index in [0.717, 1.165) is 0 Å². The minimum absolute atomic E-state index is 0.0123. The zero-order valence-corrected chi connectivity index (χ0v) is 11.3. The van der Waals surface area contributed by atoms with Crippen molar-refractivity contribution in [1.29, 1.82) is 0 Å². The highest BCUT2D eigenvalue weighted by molar-refractivity contribution is 14.1. The summed E-state index contributed by atoms with van der Waals surface area (Å²) in [5, 5.41) is 0.221. The monoisotopic (exact) mass is 409 g/mol. The van der Waals surface area contributed by atoms with E-state index < -0.39 is 12.1 Å². The van der Waals surface area contributed by atoms with E-state index in [0.29, 0.717) is 11.8 Å². The highest BCUT2D eigenvalue weighted by Gasteiger charge is 2.34. The Hall–Kier alpha value is -0.380. The molecule has 0 unspecified atom stereocenters. The molecule has 0 aliphatic carbocycles. The number of pyridine rings is 1. The van der Waals surface area contributed by atoms with Gasteiger partial charge >= 0.3 is 6.36 Å². The SMILES string of the molecule is O=Cc1c(CBr)cnc(I)c1OC(F)(F)F. The van der Waals surface area contributed by atoms with Crippen LogP contribution in [0.15, 0.2) is 6.20 Å². The van der Waals surface area contributed by atoms with Gasteiger partial charge in [0.2, 0.25) is 0 Å². The van der Waals surface area contributed by atoms with E-state index in [2.05, 4.69) is 25.7 Å². The number of rotatable bonds is 3. The van der Waals surface area contributed by atoms with Gasteiger partial charge in [0.1, 0.15) is 3.70 Å². The summed E-state index contributed by atoms with van der Waals surface area (Å²) in [7, 11) is 0. The van der Waals surface area contributed by atoms with Crippen LogP contribution in [0.1, 0.15) is 15.9 Å². The van der Waals surface area contributed by atoms with Crippen LogP contribution in [0.25, 0.3) is 0 Å². The lowest BCUT2D eigenvalue weighted by Gasteiger charge is -2.13. The Morgan fingerprint density at radius 2 is 2.19 bits per heavy atom. The zero-order chi connectivity index (χ0) is 12.3. The maximum atomic E-state index is 12.1. The van der Waals surface area contributed by atoms with Crippen molar-refractivity contribution < 1.29 is 22.7 Å². The van der Waals surface area contributed by atoms with Gasteiger partial charge in [-0.3, -0.25) is 4.79 Å². The maximum absolute atomic E-state index is 12.1. The van der Waals surface area contributed by atoms with E-state index in [9.17, 15) is 18.0 Å². The number of carbonyl (C=O) groups excluding carboxylic acids is 1. The molecule has 1 aromatic heterocycles. The molecule has 0 N–H and O–H groups in total. The molecule has 8 heteroatoms. The van der Waals surface area contributed by atoms with Crippen LogP contribution < -0.4 is 4.74 Å². The predicted octanol–water partition coefficient (Wildman–Crippen LogP) is 3.29. The first-order valence-electron chi connectivity index (χ1n) is 3.83. The number of ether oxygens (including phenoxy) is 1. The molecule has 0 saturated carbocycles. The van der Waals surface area contributed by atoms with Gasteiger partial charge in [0, 0.05) is 11.5 Å². The molecule has 0 radical (unpaired) electrons. The molecule has 0 bridgehead atoms. The van der Waals surface area contributed by atoms with Gasteiger partial charge in [-0.05, 0) is 28.2 Å². The Labute approximate surface area is 111 Å². The predicted molar refractivity (Wildman–Crippen MR) is 61.7 cm³/mol. The van der Waals surface area contributed by atoms with Gasteiger partial charge in [-0.15, -0.1) is 13.2 Å². The van der Waals surface area contributed by atoms with Crippen molar-refractivity contribution in [3.8, 4) is 5.75 Å². The molecule has 16 heavy (non-hydrogen) atoms. The number of halogens is 5. The molecular formula is C8H4BrF3INO2. The Morgan fingerprint density at radius 1 is 1.56 bits per heavy atom. The van der Waals surface area contributed by atoms with Gasteiger partial charge in [-0.2, -0.15) is 0 Å². The lowest BCUT2D eigenvalue weighted by molar-refractivity contribution is -0.275. The summed E-state index contributed by atoms with van der Waals surface area (Å²) in [5.74, 6) is -0.556. The topological polar surface area (TPSA) is 39.2 Å². The minimum Gasteiger partial charge on any atom is -0.402 e. The second-order valence-electron chi connectivity index (χ2n) is 2.62. The zero-order valence-electron chi connectivity index (χ0n) is 7.52. The van der Waals surface area contributed by atoms with Crippen LogP contribution in [0.3, 0.4) is 0 Å². The van der Waals surface area contributed by atoms with Crippen molar-refractivity contribution in [2.24, 2.45) is 0 Å². The van der Waals surface area contributed by atoms with Crippen LogP contribution in [0.2, 0.25) is 0 Å². The first kappa shape index (κ1) is 13.7. The highest BCUT2D eigenvalue weighted by atomic mass is 127. The quantitative estimate of drug-likeness (QED) is 0.333. The van der Waals surface area contributed by atoms with E-state index in [-0.39, 0.29) is 14.6 Å². The summed E-state index contributed by atoms with van der Waals surface area (Å²) < 4.78 is 40.0. The Kier molecular flexibility index (Phi) is 4.53. The summed E-state index contributed by atoms with van der Waals surface area (Å²) >= 11 is 4.62. The van der Waals surface area contributed by atoms with Gasteiger partial charge in [0.05, 0.1) is 5.56 Å². The summed E-state index contributed by atoms with van der Waals surface area (Å²) in [6.07, 6.45) is -3.20. The maximum Gasteiger partial charge on any atom is 0.573 e. The molecule has 0 fully saturated rings. The van der Waals surface area contributed by atoms with Crippen LogP contribution >= 0.6 is 38.5 Å².